The van der Waals surface area contributed by atoms with Crippen LogP contribution in [0.1, 0.15) is 0 Å². The Bertz CT molecular complexity index is 543. The molecule has 6 nitrogen and oxygen atoms in total. The lowest BCUT2D eigenvalue weighted by Gasteiger charge is -2.02. The normalized spacial score (nSPS) is 9.94. The van der Waals surface area contributed by atoms with E-state index in [-0.39, 0.29) is 11.4 Å². The highest BCUT2D eigenvalue weighted by molar-refractivity contribution is 5.60. The van der Waals surface area contributed by atoms with Crippen molar-refractivity contribution in [2.45, 2.75) is 0 Å². The van der Waals surface area contributed by atoms with Gasteiger partial charge in [0.15, 0.2) is 12.4 Å². The molecule has 0 spiro atoms. The number of nitro benzene ring substituents is 1. The molecule has 2 rings (SSSR count). The Morgan fingerprint density at radius 1 is 1.24 bits per heavy atom. The first-order chi connectivity index (χ1) is 8.22. The van der Waals surface area contributed by atoms with Crippen molar-refractivity contribution in [2.24, 2.45) is 0 Å². The molecule has 0 bridgehead atoms. The molecule has 2 aromatic rings. The molecule has 86 valence electrons. The van der Waals surface area contributed by atoms with Crippen molar-refractivity contribution in [3.05, 3.63) is 58.9 Å². The van der Waals surface area contributed by atoms with Crippen LogP contribution < -0.4 is 10.0 Å². The van der Waals surface area contributed by atoms with E-state index in [4.69, 9.17) is 5.21 Å². The number of anilines is 1. The Kier molecular flexibility index (Phi) is 2.97. The van der Waals surface area contributed by atoms with Crippen LogP contribution in [-0.4, -0.2) is 10.1 Å². The molecular formula is C11H10N3O3+. The van der Waals surface area contributed by atoms with Crippen LogP contribution in [0.15, 0.2) is 48.8 Å². The van der Waals surface area contributed by atoms with E-state index in [1.165, 1.54) is 12.1 Å². The van der Waals surface area contributed by atoms with E-state index in [2.05, 4.69) is 0 Å². The summed E-state index contributed by atoms with van der Waals surface area (Å²) in [6, 6.07) is 9.72. The van der Waals surface area contributed by atoms with Gasteiger partial charge in [0.25, 0.3) is 5.69 Å². The number of nitro groups is 1. The van der Waals surface area contributed by atoms with Crippen LogP contribution in [0.4, 0.5) is 11.4 Å². The molecule has 0 aliphatic carbocycles. The van der Waals surface area contributed by atoms with Gasteiger partial charge in [-0.1, -0.05) is 6.07 Å². The van der Waals surface area contributed by atoms with E-state index in [1.807, 2.05) is 23.7 Å². The van der Waals surface area contributed by atoms with E-state index in [1.54, 1.807) is 23.0 Å². The fraction of sp³-hybridized carbons (Fsp3) is 0. The van der Waals surface area contributed by atoms with E-state index in [0.717, 1.165) is 0 Å². The number of non-ortho nitro benzene ring substituents is 1. The summed E-state index contributed by atoms with van der Waals surface area (Å²) in [6.07, 6.45) is 3.56. The van der Waals surface area contributed by atoms with Crippen LogP contribution in [0.5, 0.6) is 0 Å². The van der Waals surface area contributed by atoms with Crippen molar-refractivity contribution >= 4 is 11.4 Å². The summed E-state index contributed by atoms with van der Waals surface area (Å²) >= 11 is 0. The first kappa shape index (κ1) is 11.0. The Balaban J connectivity index is 2.52. The summed E-state index contributed by atoms with van der Waals surface area (Å²) in [5, 5.41) is 19.6. The molecule has 0 amide bonds. The first-order valence-electron chi connectivity index (χ1n) is 4.87. The highest BCUT2D eigenvalue weighted by atomic mass is 16.6. The van der Waals surface area contributed by atoms with Crippen LogP contribution in [0, 0.1) is 10.1 Å². The minimum Gasteiger partial charge on any atom is -0.291 e. The fourth-order valence-corrected chi connectivity index (χ4v) is 1.51. The number of nitrogens with one attached hydrogen (secondary N) is 1. The standard InChI is InChI=1S/C11H10N3O3/c15-12-10-8-9(14(16)17)4-5-11(10)13-6-2-1-3-7-13/h1-8,12,15H/q+1. The molecule has 0 atom stereocenters. The van der Waals surface area contributed by atoms with Gasteiger partial charge in [0, 0.05) is 30.3 Å². The van der Waals surface area contributed by atoms with Gasteiger partial charge in [-0.25, -0.2) is 0 Å². The minimum atomic E-state index is -0.514. The van der Waals surface area contributed by atoms with Crippen LogP contribution in [0.3, 0.4) is 0 Å². The van der Waals surface area contributed by atoms with E-state index < -0.39 is 4.92 Å². The summed E-state index contributed by atoms with van der Waals surface area (Å²) < 4.78 is 1.74. The number of aromatic nitrogens is 1. The van der Waals surface area contributed by atoms with E-state index in [9.17, 15) is 10.1 Å². The lowest BCUT2D eigenvalue weighted by Crippen LogP contribution is -2.30. The van der Waals surface area contributed by atoms with Gasteiger partial charge in [0.2, 0.25) is 5.69 Å². The highest BCUT2D eigenvalue weighted by Gasteiger charge is 2.16. The maximum Gasteiger partial charge on any atom is 0.272 e. The Hall–Kier alpha value is -2.47. The second kappa shape index (κ2) is 4.58. The average molecular weight is 232 g/mol. The molecule has 0 fully saturated rings. The van der Waals surface area contributed by atoms with Gasteiger partial charge in [0.1, 0.15) is 5.69 Å². The Morgan fingerprint density at radius 3 is 2.53 bits per heavy atom. The molecule has 0 aliphatic rings. The number of hydrogen-bond acceptors (Lipinski definition) is 4. The van der Waals surface area contributed by atoms with Crippen molar-refractivity contribution in [1.29, 1.82) is 0 Å². The number of nitrogens with zero attached hydrogens (tertiary/aromatic N) is 2. The van der Waals surface area contributed by atoms with Gasteiger partial charge < -0.3 is 0 Å². The zero-order valence-electron chi connectivity index (χ0n) is 8.78. The fourth-order valence-electron chi connectivity index (χ4n) is 1.51. The van der Waals surface area contributed by atoms with Crippen LogP contribution in [0.25, 0.3) is 5.69 Å². The molecule has 2 N–H and O–H groups in total. The first-order valence-corrected chi connectivity index (χ1v) is 4.87. The zero-order valence-corrected chi connectivity index (χ0v) is 8.78. The van der Waals surface area contributed by atoms with Crippen LogP contribution in [-0.2, 0) is 0 Å². The third-order valence-corrected chi connectivity index (χ3v) is 2.31. The van der Waals surface area contributed by atoms with Crippen molar-refractivity contribution in [2.75, 3.05) is 5.48 Å². The SMILES string of the molecule is O=[N+]([O-])c1ccc(-[n+]2ccccc2)c(NO)c1. The predicted octanol–water partition coefficient (Wildman–Crippen LogP) is 1.67. The van der Waals surface area contributed by atoms with Crippen molar-refractivity contribution in [3.63, 3.8) is 0 Å². The van der Waals surface area contributed by atoms with Gasteiger partial charge in [-0.05, 0) is 0 Å². The lowest BCUT2D eigenvalue weighted by molar-refractivity contribution is -0.595. The molecule has 1 aromatic heterocycles. The van der Waals surface area contributed by atoms with E-state index >= 15 is 0 Å². The highest BCUT2D eigenvalue weighted by Crippen LogP contribution is 2.21. The quantitative estimate of drug-likeness (QED) is 0.479. The third kappa shape index (κ3) is 2.21. The van der Waals surface area contributed by atoms with Crippen molar-refractivity contribution in [1.82, 2.24) is 0 Å². The molecule has 6 heteroatoms. The zero-order chi connectivity index (χ0) is 12.3. The predicted molar refractivity (Wildman–Crippen MR) is 60.0 cm³/mol. The minimum absolute atomic E-state index is 0.0816. The van der Waals surface area contributed by atoms with E-state index in [0.29, 0.717) is 5.69 Å². The molecular weight excluding hydrogens is 222 g/mol. The van der Waals surface area contributed by atoms with Crippen molar-refractivity contribution < 1.29 is 14.7 Å². The summed E-state index contributed by atoms with van der Waals surface area (Å²) in [4.78, 5) is 10.1. The molecule has 0 saturated carbocycles. The molecule has 0 aliphatic heterocycles. The van der Waals surface area contributed by atoms with Crippen LogP contribution in [0.2, 0.25) is 0 Å². The molecule has 0 saturated heterocycles. The lowest BCUT2D eigenvalue weighted by atomic mass is 10.2. The monoisotopic (exact) mass is 232 g/mol. The van der Waals surface area contributed by atoms with Crippen LogP contribution >= 0.6 is 0 Å². The number of hydrogen-bond donors (Lipinski definition) is 2. The average Bonchev–Trinajstić information content (AvgIpc) is 2.39. The van der Waals surface area contributed by atoms with Gasteiger partial charge in [-0.3, -0.25) is 20.8 Å². The number of rotatable bonds is 3. The van der Waals surface area contributed by atoms with Gasteiger partial charge in [-0.2, -0.15) is 4.57 Å². The van der Waals surface area contributed by atoms with Crippen molar-refractivity contribution in [3.8, 4) is 5.69 Å². The summed E-state index contributed by atoms with van der Waals surface area (Å²) in [6.45, 7) is 0. The molecule has 17 heavy (non-hydrogen) atoms. The summed E-state index contributed by atoms with van der Waals surface area (Å²) in [5.74, 6) is 0. The Labute approximate surface area is 96.9 Å². The summed E-state index contributed by atoms with van der Waals surface area (Å²) in [7, 11) is 0. The number of benzene rings is 1. The maximum atomic E-state index is 10.6. The summed E-state index contributed by atoms with van der Waals surface area (Å²) in [5.41, 5.74) is 2.78. The second-order valence-corrected chi connectivity index (χ2v) is 3.35. The smallest absolute Gasteiger partial charge is 0.272 e. The third-order valence-electron chi connectivity index (χ3n) is 2.31. The second-order valence-electron chi connectivity index (χ2n) is 3.35. The van der Waals surface area contributed by atoms with Gasteiger partial charge in [-0.15, -0.1) is 0 Å². The van der Waals surface area contributed by atoms with Gasteiger partial charge >= 0.3 is 0 Å². The number of pyridine rings is 1. The Morgan fingerprint density at radius 2 is 1.94 bits per heavy atom. The molecule has 0 unspecified atom stereocenters. The molecule has 1 aromatic carbocycles. The molecule has 0 radical (unpaired) electrons. The molecule has 1 heterocycles. The topological polar surface area (TPSA) is 79.3 Å². The maximum absolute atomic E-state index is 10.6. The largest absolute Gasteiger partial charge is 0.291 e. The van der Waals surface area contributed by atoms with Gasteiger partial charge in [0.05, 0.1) is 4.92 Å².